The van der Waals surface area contributed by atoms with Crippen LogP contribution in [0.3, 0.4) is 0 Å². The van der Waals surface area contributed by atoms with Gasteiger partial charge in [-0.2, -0.15) is 0 Å². The van der Waals surface area contributed by atoms with Crippen LogP contribution in [0.1, 0.15) is 44.1 Å². The van der Waals surface area contributed by atoms with E-state index in [1.807, 2.05) is 17.0 Å². The van der Waals surface area contributed by atoms with Gasteiger partial charge in [-0.15, -0.1) is 0 Å². The summed E-state index contributed by atoms with van der Waals surface area (Å²) in [6.45, 7) is 4.85. The van der Waals surface area contributed by atoms with Crippen LogP contribution < -0.4 is 5.32 Å². The molecule has 2 amide bonds. The maximum atomic E-state index is 12.4. The van der Waals surface area contributed by atoms with E-state index in [9.17, 15) is 4.79 Å². The van der Waals surface area contributed by atoms with Crippen LogP contribution in [-0.4, -0.2) is 47.8 Å². The van der Waals surface area contributed by atoms with Crippen molar-refractivity contribution in [2.24, 2.45) is 0 Å². The highest BCUT2D eigenvalue weighted by Crippen LogP contribution is 2.35. The highest BCUT2D eigenvalue weighted by Gasteiger charge is 2.40. The Kier molecular flexibility index (Phi) is 4.62. The van der Waals surface area contributed by atoms with Crippen LogP contribution in [0.15, 0.2) is 24.5 Å². The van der Waals surface area contributed by atoms with Gasteiger partial charge in [0.25, 0.3) is 0 Å². The summed E-state index contributed by atoms with van der Waals surface area (Å²) in [5.41, 5.74) is 1.14. The summed E-state index contributed by atoms with van der Waals surface area (Å²) >= 11 is 0. The molecule has 5 heteroatoms. The predicted molar refractivity (Wildman–Crippen MR) is 84.8 cm³/mol. The summed E-state index contributed by atoms with van der Waals surface area (Å²) in [6.07, 6.45) is 8.19. The molecule has 1 saturated heterocycles. The average Bonchev–Trinajstić information content (AvgIpc) is 3.00. The first kappa shape index (κ1) is 15.3. The Morgan fingerprint density at radius 3 is 2.86 bits per heavy atom. The molecule has 0 bridgehead atoms. The first-order valence-electron chi connectivity index (χ1n) is 8.25. The highest BCUT2D eigenvalue weighted by atomic mass is 16.5. The van der Waals surface area contributed by atoms with Gasteiger partial charge in [0.2, 0.25) is 0 Å². The highest BCUT2D eigenvalue weighted by molar-refractivity contribution is 5.74. The molecule has 1 atom stereocenters. The van der Waals surface area contributed by atoms with E-state index in [2.05, 4.69) is 17.2 Å². The fourth-order valence-electron chi connectivity index (χ4n) is 3.50. The first-order valence-corrected chi connectivity index (χ1v) is 8.25. The zero-order valence-corrected chi connectivity index (χ0v) is 13.3. The number of pyridine rings is 1. The molecule has 3 rings (SSSR count). The summed E-state index contributed by atoms with van der Waals surface area (Å²) in [6, 6.07) is 4.04. The minimum absolute atomic E-state index is 0.0375. The van der Waals surface area contributed by atoms with E-state index < -0.39 is 0 Å². The summed E-state index contributed by atoms with van der Waals surface area (Å²) in [5, 5.41) is 3.07. The molecule has 0 radical (unpaired) electrons. The molecule has 1 aliphatic heterocycles. The van der Waals surface area contributed by atoms with Gasteiger partial charge in [-0.1, -0.05) is 19.8 Å². The third-order valence-corrected chi connectivity index (χ3v) is 4.89. The second kappa shape index (κ2) is 6.65. The fraction of sp³-hybridized carbons (Fsp3) is 0.647. The summed E-state index contributed by atoms with van der Waals surface area (Å²) in [4.78, 5) is 18.4. The van der Waals surface area contributed by atoms with Gasteiger partial charge in [0.15, 0.2) is 0 Å². The Bertz CT molecular complexity index is 500. The number of aromatic nitrogens is 1. The molecule has 120 valence electrons. The Hall–Kier alpha value is -1.62. The van der Waals surface area contributed by atoms with Crippen LogP contribution in [-0.2, 0) is 4.74 Å². The minimum Gasteiger partial charge on any atom is -0.371 e. The van der Waals surface area contributed by atoms with Crippen LogP contribution >= 0.6 is 0 Å². The second-order valence-corrected chi connectivity index (χ2v) is 6.53. The lowest BCUT2D eigenvalue weighted by Crippen LogP contribution is -2.55. The van der Waals surface area contributed by atoms with E-state index in [0.717, 1.165) is 19.4 Å². The van der Waals surface area contributed by atoms with Crippen LogP contribution in [0.4, 0.5) is 4.79 Å². The number of rotatable bonds is 3. The molecular formula is C17H25N3O2. The quantitative estimate of drug-likeness (QED) is 0.933. The van der Waals surface area contributed by atoms with E-state index in [-0.39, 0.29) is 17.6 Å². The maximum absolute atomic E-state index is 12.4. The molecule has 0 unspecified atom stereocenters. The summed E-state index contributed by atoms with van der Waals surface area (Å²) in [7, 11) is 0. The minimum atomic E-state index is -0.0632. The Morgan fingerprint density at radius 1 is 1.41 bits per heavy atom. The third-order valence-electron chi connectivity index (χ3n) is 4.89. The standard InChI is InChI=1S/C17H25N3O2/c1-14(15-4-8-18-9-5-15)12-19-16(21)20-10-11-22-17(13-20)6-2-3-7-17/h4-5,8-9,14H,2-3,6-7,10-13H2,1H3,(H,19,21)/t14-/m0/s1. The van der Waals surface area contributed by atoms with Gasteiger partial charge in [0, 0.05) is 25.5 Å². The molecule has 1 spiro atoms. The topological polar surface area (TPSA) is 54.5 Å². The van der Waals surface area contributed by atoms with Crippen molar-refractivity contribution in [2.45, 2.75) is 44.1 Å². The number of carbonyl (C=O) groups is 1. The lowest BCUT2D eigenvalue weighted by molar-refractivity contribution is -0.0925. The number of amides is 2. The number of nitrogens with zero attached hydrogens (tertiary/aromatic N) is 2. The zero-order valence-electron chi connectivity index (χ0n) is 13.3. The van der Waals surface area contributed by atoms with Gasteiger partial charge in [-0.25, -0.2) is 4.79 Å². The molecular weight excluding hydrogens is 278 g/mol. The van der Waals surface area contributed by atoms with Crippen LogP contribution in [0, 0.1) is 0 Å². The number of hydrogen-bond donors (Lipinski definition) is 1. The van der Waals surface area contributed by atoms with E-state index in [1.165, 1.54) is 18.4 Å². The van der Waals surface area contributed by atoms with E-state index in [0.29, 0.717) is 19.7 Å². The molecule has 2 aliphatic rings. The predicted octanol–water partition coefficient (Wildman–Crippen LogP) is 2.54. The Labute approximate surface area is 132 Å². The lowest BCUT2D eigenvalue weighted by atomic mass is 10.00. The summed E-state index contributed by atoms with van der Waals surface area (Å²) < 4.78 is 5.97. The Morgan fingerprint density at radius 2 is 2.14 bits per heavy atom. The number of urea groups is 1. The second-order valence-electron chi connectivity index (χ2n) is 6.53. The van der Waals surface area contributed by atoms with Crippen molar-refractivity contribution >= 4 is 6.03 Å². The van der Waals surface area contributed by atoms with Gasteiger partial charge in [-0.3, -0.25) is 4.98 Å². The molecule has 1 N–H and O–H groups in total. The van der Waals surface area contributed by atoms with E-state index in [4.69, 9.17) is 4.74 Å². The van der Waals surface area contributed by atoms with E-state index >= 15 is 0 Å². The fourth-order valence-corrected chi connectivity index (χ4v) is 3.50. The number of nitrogens with one attached hydrogen (secondary N) is 1. The smallest absolute Gasteiger partial charge is 0.317 e. The monoisotopic (exact) mass is 303 g/mol. The largest absolute Gasteiger partial charge is 0.371 e. The third kappa shape index (κ3) is 3.40. The molecule has 0 aromatic carbocycles. The van der Waals surface area contributed by atoms with Crippen LogP contribution in [0.25, 0.3) is 0 Å². The van der Waals surface area contributed by atoms with Crippen molar-refractivity contribution in [3.05, 3.63) is 30.1 Å². The number of morpholine rings is 1. The van der Waals surface area contributed by atoms with Crippen molar-refractivity contribution in [1.82, 2.24) is 15.2 Å². The van der Waals surface area contributed by atoms with Crippen molar-refractivity contribution in [3.63, 3.8) is 0 Å². The number of carbonyl (C=O) groups excluding carboxylic acids is 1. The van der Waals surface area contributed by atoms with Gasteiger partial charge < -0.3 is 15.0 Å². The molecule has 2 fully saturated rings. The van der Waals surface area contributed by atoms with Crippen LogP contribution in [0.2, 0.25) is 0 Å². The molecule has 1 aromatic heterocycles. The Balaban J connectivity index is 1.51. The van der Waals surface area contributed by atoms with Gasteiger partial charge in [0.05, 0.1) is 18.8 Å². The molecule has 1 aromatic rings. The first-order chi connectivity index (χ1) is 10.7. The van der Waals surface area contributed by atoms with Crippen molar-refractivity contribution in [1.29, 1.82) is 0 Å². The molecule has 1 saturated carbocycles. The molecule has 22 heavy (non-hydrogen) atoms. The lowest BCUT2D eigenvalue weighted by Gasteiger charge is -2.40. The average molecular weight is 303 g/mol. The SMILES string of the molecule is C[C@@H](CNC(=O)N1CCOC2(CCCC2)C1)c1ccncc1. The molecule has 1 aliphatic carbocycles. The number of ether oxygens (including phenoxy) is 1. The molecule has 5 nitrogen and oxygen atoms in total. The molecule has 2 heterocycles. The van der Waals surface area contributed by atoms with Crippen molar-refractivity contribution in [2.75, 3.05) is 26.2 Å². The summed E-state index contributed by atoms with van der Waals surface area (Å²) in [5.74, 6) is 0.286. The maximum Gasteiger partial charge on any atom is 0.317 e. The van der Waals surface area contributed by atoms with Gasteiger partial charge in [0.1, 0.15) is 0 Å². The van der Waals surface area contributed by atoms with Crippen molar-refractivity contribution < 1.29 is 9.53 Å². The van der Waals surface area contributed by atoms with E-state index in [1.54, 1.807) is 12.4 Å². The van der Waals surface area contributed by atoms with Crippen molar-refractivity contribution in [3.8, 4) is 0 Å². The normalized spacial score (nSPS) is 21.8. The van der Waals surface area contributed by atoms with Gasteiger partial charge >= 0.3 is 6.03 Å². The number of hydrogen-bond acceptors (Lipinski definition) is 3. The zero-order chi connectivity index (χ0) is 15.4. The van der Waals surface area contributed by atoms with Gasteiger partial charge in [-0.05, 0) is 36.5 Å². The van der Waals surface area contributed by atoms with Crippen LogP contribution in [0.5, 0.6) is 0 Å².